The molecule has 0 unspecified atom stereocenters. The van der Waals surface area contributed by atoms with E-state index in [4.69, 9.17) is 0 Å². The molecular weight excluding hydrogens is 262 g/mol. The van der Waals surface area contributed by atoms with Gasteiger partial charge in [-0.3, -0.25) is 9.69 Å². The Morgan fingerprint density at radius 2 is 1.81 bits per heavy atom. The van der Waals surface area contributed by atoms with Gasteiger partial charge >= 0.3 is 0 Å². The zero-order chi connectivity index (χ0) is 15.5. The Morgan fingerprint density at radius 3 is 2.33 bits per heavy atom. The molecule has 1 heterocycles. The molecule has 4 heteroatoms. The molecule has 4 nitrogen and oxygen atoms in total. The molecule has 1 aromatic rings. The van der Waals surface area contributed by atoms with E-state index in [2.05, 4.69) is 29.3 Å². The molecule has 0 radical (unpaired) electrons. The quantitative estimate of drug-likeness (QED) is 0.919. The maximum absolute atomic E-state index is 12.9. The average molecular weight is 289 g/mol. The number of rotatable bonds is 4. The first-order valence-corrected chi connectivity index (χ1v) is 7.79. The Morgan fingerprint density at radius 1 is 1.24 bits per heavy atom. The fourth-order valence-corrected chi connectivity index (χ4v) is 2.84. The van der Waals surface area contributed by atoms with E-state index in [0.717, 1.165) is 38.3 Å². The minimum atomic E-state index is -0.472. The first kappa shape index (κ1) is 16.0. The van der Waals surface area contributed by atoms with Crippen LogP contribution >= 0.6 is 0 Å². The molecule has 0 bridgehead atoms. The molecule has 1 N–H and O–H groups in total. The van der Waals surface area contributed by atoms with Gasteiger partial charge in [-0.1, -0.05) is 19.1 Å². The number of anilines is 1. The van der Waals surface area contributed by atoms with Crippen LogP contribution in [-0.2, 0) is 11.2 Å². The van der Waals surface area contributed by atoms with E-state index in [1.165, 1.54) is 5.56 Å². The number of hydrogen-bond acceptors (Lipinski definition) is 3. The lowest BCUT2D eigenvalue weighted by Gasteiger charge is -2.41. The Kier molecular flexibility index (Phi) is 5.01. The van der Waals surface area contributed by atoms with Gasteiger partial charge in [-0.2, -0.15) is 0 Å². The van der Waals surface area contributed by atoms with Crippen molar-refractivity contribution in [2.75, 3.05) is 38.1 Å². The number of amides is 1. The Labute approximate surface area is 128 Å². The first-order valence-electron chi connectivity index (χ1n) is 7.79. The molecule has 21 heavy (non-hydrogen) atoms. The number of nitrogens with zero attached hydrogens (tertiary/aromatic N) is 2. The fourth-order valence-electron chi connectivity index (χ4n) is 2.84. The summed E-state index contributed by atoms with van der Waals surface area (Å²) < 4.78 is 0. The Hall–Kier alpha value is -1.39. The molecule has 1 fully saturated rings. The van der Waals surface area contributed by atoms with Gasteiger partial charge in [0, 0.05) is 38.9 Å². The van der Waals surface area contributed by atoms with Crippen LogP contribution in [0.1, 0.15) is 26.3 Å². The molecule has 0 aliphatic carbocycles. The van der Waals surface area contributed by atoms with Gasteiger partial charge in [0.25, 0.3) is 0 Å². The van der Waals surface area contributed by atoms with E-state index in [1.807, 2.05) is 33.0 Å². The maximum atomic E-state index is 12.9. The second kappa shape index (κ2) is 6.58. The summed E-state index contributed by atoms with van der Waals surface area (Å²) in [5, 5.41) is 3.33. The van der Waals surface area contributed by atoms with Gasteiger partial charge in [-0.05, 0) is 38.0 Å². The number of carbonyl (C=O) groups excluding carboxylic acids is 1. The molecule has 116 valence electrons. The van der Waals surface area contributed by atoms with Crippen LogP contribution in [0.25, 0.3) is 0 Å². The zero-order valence-corrected chi connectivity index (χ0v) is 13.6. The monoisotopic (exact) mass is 289 g/mol. The van der Waals surface area contributed by atoms with Gasteiger partial charge in [0.15, 0.2) is 0 Å². The fraction of sp³-hybridized carbons (Fsp3) is 0.588. The number of piperazine rings is 1. The molecule has 1 amide bonds. The van der Waals surface area contributed by atoms with Crippen molar-refractivity contribution in [3.8, 4) is 0 Å². The van der Waals surface area contributed by atoms with Crippen molar-refractivity contribution in [2.24, 2.45) is 0 Å². The van der Waals surface area contributed by atoms with Crippen LogP contribution in [0.3, 0.4) is 0 Å². The third kappa shape index (κ3) is 3.44. The van der Waals surface area contributed by atoms with Crippen molar-refractivity contribution >= 4 is 11.6 Å². The highest BCUT2D eigenvalue weighted by Crippen LogP contribution is 2.22. The molecule has 0 atom stereocenters. The van der Waals surface area contributed by atoms with Gasteiger partial charge in [0.05, 0.1) is 5.54 Å². The molecule has 0 saturated carbocycles. The standard InChI is InChI=1S/C17H27N3O/c1-5-14-6-8-15(9-7-14)19(4)16(21)17(2,3)20-12-10-18-11-13-20/h6-9,18H,5,10-13H2,1-4H3. The zero-order valence-electron chi connectivity index (χ0n) is 13.6. The molecular formula is C17H27N3O. The highest BCUT2D eigenvalue weighted by molar-refractivity contribution is 5.99. The smallest absolute Gasteiger partial charge is 0.246 e. The lowest BCUT2D eigenvalue weighted by molar-refractivity contribution is -0.129. The van der Waals surface area contributed by atoms with E-state index in [9.17, 15) is 4.79 Å². The summed E-state index contributed by atoms with van der Waals surface area (Å²) in [4.78, 5) is 16.9. The van der Waals surface area contributed by atoms with Gasteiger partial charge in [-0.25, -0.2) is 0 Å². The van der Waals surface area contributed by atoms with Crippen LogP contribution in [0.4, 0.5) is 5.69 Å². The molecule has 1 aromatic carbocycles. The SMILES string of the molecule is CCc1ccc(N(C)C(=O)C(C)(C)N2CCNCC2)cc1. The summed E-state index contributed by atoms with van der Waals surface area (Å²) in [7, 11) is 1.87. The van der Waals surface area contributed by atoms with Crippen LogP contribution in [0, 0.1) is 0 Å². The molecule has 2 rings (SSSR count). The minimum absolute atomic E-state index is 0.147. The van der Waals surface area contributed by atoms with Gasteiger partial charge < -0.3 is 10.2 Å². The lowest BCUT2D eigenvalue weighted by Crippen LogP contribution is -2.60. The van der Waals surface area contributed by atoms with Crippen molar-refractivity contribution < 1.29 is 4.79 Å². The number of nitrogens with one attached hydrogen (secondary N) is 1. The van der Waals surface area contributed by atoms with Crippen LogP contribution < -0.4 is 10.2 Å². The Bertz CT molecular complexity index is 475. The summed E-state index contributed by atoms with van der Waals surface area (Å²) in [5.74, 6) is 0.147. The minimum Gasteiger partial charge on any atom is -0.314 e. The van der Waals surface area contributed by atoms with E-state index in [-0.39, 0.29) is 5.91 Å². The third-order valence-corrected chi connectivity index (χ3v) is 4.47. The predicted octanol–water partition coefficient (Wildman–Crippen LogP) is 1.90. The molecule has 1 aliphatic heterocycles. The first-order chi connectivity index (χ1) is 9.96. The highest BCUT2D eigenvalue weighted by atomic mass is 16.2. The number of likely N-dealkylation sites (N-methyl/N-ethyl adjacent to an activating group) is 1. The van der Waals surface area contributed by atoms with Crippen LogP contribution in [-0.4, -0.2) is 49.6 Å². The van der Waals surface area contributed by atoms with Crippen molar-refractivity contribution in [2.45, 2.75) is 32.7 Å². The van der Waals surface area contributed by atoms with E-state index in [1.54, 1.807) is 4.90 Å². The van der Waals surface area contributed by atoms with Gasteiger partial charge in [-0.15, -0.1) is 0 Å². The van der Waals surface area contributed by atoms with Crippen molar-refractivity contribution in [1.29, 1.82) is 0 Å². The van der Waals surface area contributed by atoms with Crippen LogP contribution in [0.15, 0.2) is 24.3 Å². The van der Waals surface area contributed by atoms with E-state index < -0.39 is 5.54 Å². The van der Waals surface area contributed by atoms with Gasteiger partial charge in [0.2, 0.25) is 5.91 Å². The number of benzene rings is 1. The second-order valence-corrected chi connectivity index (χ2v) is 6.18. The van der Waals surface area contributed by atoms with Crippen LogP contribution in [0.2, 0.25) is 0 Å². The number of aryl methyl sites for hydroxylation is 1. The molecule has 0 spiro atoms. The average Bonchev–Trinajstić information content (AvgIpc) is 2.54. The molecule has 1 saturated heterocycles. The van der Waals surface area contributed by atoms with E-state index >= 15 is 0 Å². The largest absolute Gasteiger partial charge is 0.314 e. The van der Waals surface area contributed by atoms with Crippen molar-refractivity contribution in [1.82, 2.24) is 10.2 Å². The second-order valence-electron chi connectivity index (χ2n) is 6.18. The third-order valence-electron chi connectivity index (χ3n) is 4.47. The molecule has 1 aliphatic rings. The highest BCUT2D eigenvalue weighted by Gasteiger charge is 2.37. The van der Waals surface area contributed by atoms with Crippen molar-refractivity contribution in [3.63, 3.8) is 0 Å². The number of hydrogen-bond donors (Lipinski definition) is 1. The summed E-state index contributed by atoms with van der Waals surface area (Å²) >= 11 is 0. The summed E-state index contributed by atoms with van der Waals surface area (Å²) in [5.41, 5.74) is 1.78. The van der Waals surface area contributed by atoms with Gasteiger partial charge in [0.1, 0.15) is 0 Å². The topological polar surface area (TPSA) is 35.6 Å². The summed E-state index contributed by atoms with van der Waals surface area (Å²) in [6.45, 7) is 9.92. The number of carbonyl (C=O) groups is 1. The van der Waals surface area contributed by atoms with E-state index in [0.29, 0.717) is 0 Å². The molecule has 0 aromatic heterocycles. The van der Waals surface area contributed by atoms with Crippen molar-refractivity contribution in [3.05, 3.63) is 29.8 Å². The summed E-state index contributed by atoms with van der Waals surface area (Å²) in [6, 6.07) is 8.25. The van der Waals surface area contributed by atoms with Crippen LogP contribution in [0.5, 0.6) is 0 Å². The lowest BCUT2D eigenvalue weighted by atomic mass is 9.99. The Balaban J connectivity index is 2.12. The predicted molar refractivity (Wildman–Crippen MR) is 87.8 cm³/mol. The summed E-state index contributed by atoms with van der Waals surface area (Å²) in [6.07, 6.45) is 1.02. The normalized spacial score (nSPS) is 16.8. The maximum Gasteiger partial charge on any atom is 0.246 e.